The van der Waals surface area contributed by atoms with Crippen molar-refractivity contribution >= 4 is 29.0 Å². The number of rotatable bonds is 5. The summed E-state index contributed by atoms with van der Waals surface area (Å²) in [6.45, 7) is 5.78. The molecule has 166 valence electrons. The maximum Gasteiger partial charge on any atom is 0.280 e. The standard InChI is InChI=1S/C24H27N5O2S/c1-24(2,3)26-22(30)21(17-11-13-25-14-12-17)29(23(31)19-15-32-28-27-19)20-10-6-8-16-7-4-5-9-18(16)20/h6,8,10-15,21H,4-5,7,9H2,1-3H3,(H,26,30). The third-order valence-electron chi connectivity index (χ3n) is 5.46. The van der Waals surface area contributed by atoms with E-state index in [9.17, 15) is 9.59 Å². The molecule has 1 aliphatic carbocycles. The van der Waals surface area contributed by atoms with Crippen molar-refractivity contribution in [2.75, 3.05) is 4.90 Å². The molecule has 32 heavy (non-hydrogen) atoms. The van der Waals surface area contributed by atoms with Crippen molar-refractivity contribution in [1.29, 1.82) is 0 Å². The van der Waals surface area contributed by atoms with E-state index < -0.39 is 11.6 Å². The molecule has 8 heteroatoms. The van der Waals surface area contributed by atoms with E-state index in [1.807, 2.05) is 32.9 Å². The van der Waals surface area contributed by atoms with E-state index in [0.29, 0.717) is 5.56 Å². The fraction of sp³-hybridized carbons (Fsp3) is 0.375. The highest BCUT2D eigenvalue weighted by Crippen LogP contribution is 2.36. The number of benzene rings is 1. The molecule has 7 nitrogen and oxygen atoms in total. The van der Waals surface area contributed by atoms with Crippen LogP contribution in [-0.2, 0) is 17.6 Å². The Kier molecular flexibility index (Phi) is 6.32. The van der Waals surface area contributed by atoms with E-state index in [-0.39, 0.29) is 17.5 Å². The lowest BCUT2D eigenvalue weighted by atomic mass is 9.89. The molecule has 0 bridgehead atoms. The van der Waals surface area contributed by atoms with Crippen LogP contribution in [0.2, 0.25) is 0 Å². The van der Waals surface area contributed by atoms with Gasteiger partial charge in [0.1, 0.15) is 6.04 Å². The first kappa shape index (κ1) is 22.1. The second-order valence-corrected chi connectivity index (χ2v) is 9.62. The van der Waals surface area contributed by atoms with Crippen LogP contribution in [0.5, 0.6) is 0 Å². The molecule has 2 amide bonds. The molecule has 0 saturated heterocycles. The summed E-state index contributed by atoms with van der Waals surface area (Å²) in [4.78, 5) is 33.2. The molecule has 2 aromatic heterocycles. The maximum absolute atomic E-state index is 13.8. The summed E-state index contributed by atoms with van der Waals surface area (Å²) in [5.74, 6) is -0.600. The van der Waals surface area contributed by atoms with Gasteiger partial charge < -0.3 is 5.32 Å². The molecule has 0 radical (unpaired) electrons. The Morgan fingerprint density at radius 1 is 1.09 bits per heavy atom. The van der Waals surface area contributed by atoms with Crippen LogP contribution in [0, 0.1) is 0 Å². The average Bonchev–Trinajstić information content (AvgIpc) is 3.31. The van der Waals surface area contributed by atoms with Gasteiger partial charge in [-0.2, -0.15) is 0 Å². The number of nitrogens with one attached hydrogen (secondary N) is 1. The van der Waals surface area contributed by atoms with Crippen molar-refractivity contribution in [3.63, 3.8) is 0 Å². The van der Waals surface area contributed by atoms with Crippen LogP contribution < -0.4 is 10.2 Å². The molecule has 0 aliphatic heterocycles. The number of carbonyl (C=O) groups excluding carboxylic acids is 2. The van der Waals surface area contributed by atoms with Crippen LogP contribution in [0.4, 0.5) is 5.69 Å². The summed E-state index contributed by atoms with van der Waals surface area (Å²) >= 11 is 1.12. The number of amides is 2. The van der Waals surface area contributed by atoms with Crippen LogP contribution in [0.15, 0.2) is 48.1 Å². The Bertz CT molecular complexity index is 1090. The third kappa shape index (κ3) is 4.70. The van der Waals surface area contributed by atoms with Gasteiger partial charge in [-0.3, -0.25) is 19.5 Å². The molecule has 0 fully saturated rings. The molecule has 3 aromatic rings. The fourth-order valence-electron chi connectivity index (χ4n) is 4.14. The number of hydrogen-bond donors (Lipinski definition) is 1. The normalized spacial score (nSPS) is 14.3. The second kappa shape index (κ2) is 9.16. The fourth-order valence-corrected chi connectivity index (χ4v) is 4.57. The molecule has 0 spiro atoms. The minimum atomic E-state index is -0.875. The summed E-state index contributed by atoms with van der Waals surface area (Å²) in [7, 11) is 0. The summed E-state index contributed by atoms with van der Waals surface area (Å²) in [5, 5.41) is 8.70. The highest BCUT2D eigenvalue weighted by molar-refractivity contribution is 7.03. The Balaban J connectivity index is 1.90. The van der Waals surface area contributed by atoms with E-state index in [1.54, 1.807) is 34.8 Å². The molecule has 1 aliphatic rings. The lowest BCUT2D eigenvalue weighted by Crippen LogP contribution is -2.50. The van der Waals surface area contributed by atoms with E-state index in [2.05, 4.69) is 26.0 Å². The number of carbonyl (C=O) groups is 2. The SMILES string of the molecule is CC(C)(C)NC(=O)C(c1ccncc1)N(C(=O)c1csnn1)c1cccc2c1CCCC2. The van der Waals surface area contributed by atoms with Crippen molar-refractivity contribution in [2.45, 2.75) is 58.0 Å². The first-order valence-electron chi connectivity index (χ1n) is 10.8. The van der Waals surface area contributed by atoms with Gasteiger partial charge in [-0.15, -0.1) is 5.10 Å². The number of anilines is 1. The molecule has 4 rings (SSSR count). The van der Waals surface area contributed by atoms with E-state index in [4.69, 9.17) is 0 Å². The van der Waals surface area contributed by atoms with Gasteiger partial charge in [-0.1, -0.05) is 16.6 Å². The first-order chi connectivity index (χ1) is 15.3. The second-order valence-electron chi connectivity index (χ2n) is 9.01. The van der Waals surface area contributed by atoms with Crippen LogP contribution in [-0.4, -0.2) is 31.9 Å². The Labute approximate surface area is 192 Å². The summed E-state index contributed by atoms with van der Waals surface area (Å²) in [5.41, 5.74) is 3.56. The zero-order chi connectivity index (χ0) is 22.7. The Hall–Kier alpha value is -3.13. The van der Waals surface area contributed by atoms with Crippen molar-refractivity contribution in [2.24, 2.45) is 0 Å². The molecule has 1 atom stereocenters. The van der Waals surface area contributed by atoms with Gasteiger partial charge in [-0.05, 0) is 92.9 Å². The zero-order valence-electron chi connectivity index (χ0n) is 18.5. The van der Waals surface area contributed by atoms with E-state index >= 15 is 0 Å². The Morgan fingerprint density at radius 2 is 1.84 bits per heavy atom. The number of aromatic nitrogens is 3. The van der Waals surface area contributed by atoms with Crippen molar-refractivity contribution < 1.29 is 9.59 Å². The van der Waals surface area contributed by atoms with Crippen molar-refractivity contribution in [3.05, 3.63) is 70.5 Å². The van der Waals surface area contributed by atoms with Gasteiger partial charge in [0, 0.05) is 29.0 Å². The van der Waals surface area contributed by atoms with Gasteiger partial charge in [0.15, 0.2) is 5.69 Å². The minimum Gasteiger partial charge on any atom is -0.349 e. The highest BCUT2D eigenvalue weighted by atomic mass is 32.1. The number of aryl methyl sites for hydroxylation is 1. The lowest BCUT2D eigenvalue weighted by molar-refractivity contribution is -0.123. The van der Waals surface area contributed by atoms with Gasteiger partial charge in [0.2, 0.25) is 5.91 Å². The van der Waals surface area contributed by atoms with E-state index in [1.165, 1.54) is 5.56 Å². The average molecular weight is 450 g/mol. The molecule has 2 heterocycles. The van der Waals surface area contributed by atoms with Gasteiger partial charge in [-0.25, -0.2) is 0 Å². The van der Waals surface area contributed by atoms with Crippen LogP contribution in [0.25, 0.3) is 0 Å². The van der Waals surface area contributed by atoms with Crippen LogP contribution >= 0.6 is 11.5 Å². The van der Waals surface area contributed by atoms with Crippen LogP contribution in [0.3, 0.4) is 0 Å². The van der Waals surface area contributed by atoms with Gasteiger partial charge in [0.25, 0.3) is 5.91 Å². The van der Waals surface area contributed by atoms with E-state index in [0.717, 1.165) is 48.5 Å². The highest BCUT2D eigenvalue weighted by Gasteiger charge is 2.37. The summed E-state index contributed by atoms with van der Waals surface area (Å²) in [6.07, 6.45) is 7.30. The first-order valence-corrected chi connectivity index (χ1v) is 11.6. The third-order valence-corrected chi connectivity index (χ3v) is 5.96. The molecular formula is C24H27N5O2S. The zero-order valence-corrected chi connectivity index (χ0v) is 19.4. The lowest BCUT2D eigenvalue weighted by Gasteiger charge is -2.35. The number of fused-ring (bicyclic) bond motifs is 1. The largest absolute Gasteiger partial charge is 0.349 e. The van der Waals surface area contributed by atoms with Gasteiger partial charge >= 0.3 is 0 Å². The minimum absolute atomic E-state index is 0.228. The topological polar surface area (TPSA) is 88.1 Å². The molecule has 1 unspecified atom stereocenters. The Morgan fingerprint density at radius 3 is 2.53 bits per heavy atom. The monoisotopic (exact) mass is 449 g/mol. The number of nitrogens with zero attached hydrogens (tertiary/aromatic N) is 4. The molecular weight excluding hydrogens is 422 g/mol. The van der Waals surface area contributed by atoms with Crippen LogP contribution in [0.1, 0.15) is 66.8 Å². The maximum atomic E-state index is 13.8. The molecule has 1 N–H and O–H groups in total. The van der Waals surface area contributed by atoms with Gasteiger partial charge in [0.05, 0.1) is 0 Å². The summed E-state index contributed by atoms with van der Waals surface area (Å²) in [6, 6.07) is 8.69. The molecule has 0 saturated carbocycles. The predicted octanol–water partition coefficient (Wildman–Crippen LogP) is 4.11. The smallest absolute Gasteiger partial charge is 0.280 e. The molecule has 1 aromatic carbocycles. The summed E-state index contributed by atoms with van der Waals surface area (Å²) < 4.78 is 3.88. The predicted molar refractivity (Wildman–Crippen MR) is 125 cm³/mol. The van der Waals surface area contributed by atoms with Crippen molar-refractivity contribution in [3.8, 4) is 0 Å². The quantitative estimate of drug-likeness (QED) is 0.633. The number of pyridine rings is 1. The number of hydrogen-bond acceptors (Lipinski definition) is 6. The van der Waals surface area contributed by atoms with Crippen molar-refractivity contribution in [1.82, 2.24) is 19.9 Å².